The van der Waals surface area contributed by atoms with Gasteiger partial charge < -0.3 is 10.8 Å². The van der Waals surface area contributed by atoms with Gasteiger partial charge in [-0.25, -0.2) is 4.39 Å². The topological polar surface area (TPSA) is 46.2 Å². The third kappa shape index (κ3) is 2.87. The molecular weight excluding hydrogens is 269 g/mol. The Morgan fingerprint density at radius 3 is 2.86 bits per heavy atom. The van der Waals surface area contributed by atoms with E-state index in [1.807, 2.05) is 6.92 Å². The Kier molecular flexibility index (Phi) is 4.22. The molecular formula is C9H11BrFNOS. The molecule has 78 valence electrons. The number of hydrogen-bond donors (Lipinski definition) is 2. The largest absolute Gasteiger partial charge is 0.398 e. The average molecular weight is 280 g/mol. The van der Waals surface area contributed by atoms with Crippen LogP contribution in [0, 0.1) is 5.82 Å². The Labute approximate surface area is 94.8 Å². The molecule has 0 saturated carbocycles. The molecule has 14 heavy (non-hydrogen) atoms. The fourth-order valence-electron chi connectivity index (χ4n) is 0.900. The van der Waals surface area contributed by atoms with Gasteiger partial charge in [0.05, 0.1) is 11.1 Å². The van der Waals surface area contributed by atoms with Gasteiger partial charge in [0.2, 0.25) is 0 Å². The van der Waals surface area contributed by atoms with E-state index in [4.69, 9.17) is 10.8 Å². The van der Waals surface area contributed by atoms with E-state index in [-0.39, 0.29) is 17.7 Å². The molecule has 1 aromatic carbocycles. The molecule has 0 aliphatic heterocycles. The number of aliphatic hydroxyl groups is 1. The van der Waals surface area contributed by atoms with Crippen LogP contribution in [0.5, 0.6) is 0 Å². The highest BCUT2D eigenvalue weighted by Gasteiger charge is 2.09. The Morgan fingerprint density at radius 2 is 2.29 bits per heavy atom. The Bertz CT molecular complexity index is 335. The summed E-state index contributed by atoms with van der Waals surface area (Å²) in [6.07, 6.45) is 0. The van der Waals surface area contributed by atoms with Crippen LogP contribution in [-0.2, 0) is 0 Å². The van der Waals surface area contributed by atoms with Crippen LogP contribution in [0.2, 0.25) is 0 Å². The number of rotatable bonds is 3. The van der Waals surface area contributed by atoms with Crippen LogP contribution in [0.25, 0.3) is 0 Å². The van der Waals surface area contributed by atoms with Crippen molar-refractivity contribution in [3.8, 4) is 0 Å². The van der Waals surface area contributed by atoms with E-state index in [2.05, 4.69) is 15.9 Å². The molecule has 1 atom stereocenters. The molecule has 1 aromatic rings. The van der Waals surface area contributed by atoms with Crippen molar-refractivity contribution < 1.29 is 9.50 Å². The van der Waals surface area contributed by atoms with Crippen molar-refractivity contribution in [1.29, 1.82) is 0 Å². The fraction of sp³-hybridized carbons (Fsp3) is 0.333. The highest BCUT2D eigenvalue weighted by Crippen LogP contribution is 2.32. The first-order valence-electron chi connectivity index (χ1n) is 4.06. The van der Waals surface area contributed by atoms with Gasteiger partial charge in [-0.3, -0.25) is 0 Å². The van der Waals surface area contributed by atoms with Gasteiger partial charge in [0, 0.05) is 15.8 Å². The first-order valence-corrected chi connectivity index (χ1v) is 5.74. The number of thioether (sulfide) groups is 1. The molecule has 2 nitrogen and oxygen atoms in total. The van der Waals surface area contributed by atoms with E-state index in [1.54, 1.807) is 6.07 Å². The summed E-state index contributed by atoms with van der Waals surface area (Å²) in [4.78, 5) is 0.778. The summed E-state index contributed by atoms with van der Waals surface area (Å²) in [7, 11) is 0. The molecule has 0 radical (unpaired) electrons. The zero-order chi connectivity index (χ0) is 10.7. The quantitative estimate of drug-likeness (QED) is 0.661. The second-order valence-electron chi connectivity index (χ2n) is 2.92. The Hall–Kier alpha value is -0.260. The van der Waals surface area contributed by atoms with Crippen molar-refractivity contribution in [2.24, 2.45) is 0 Å². The first kappa shape index (κ1) is 11.8. The predicted octanol–water partition coefficient (Wildman–Crippen LogP) is 2.64. The summed E-state index contributed by atoms with van der Waals surface area (Å²) in [5.74, 6) is -0.372. The monoisotopic (exact) mass is 279 g/mol. The van der Waals surface area contributed by atoms with E-state index in [0.29, 0.717) is 10.2 Å². The van der Waals surface area contributed by atoms with E-state index in [0.717, 1.165) is 4.90 Å². The molecule has 0 fully saturated rings. The van der Waals surface area contributed by atoms with Crippen LogP contribution in [0.1, 0.15) is 6.92 Å². The molecule has 1 unspecified atom stereocenters. The van der Waals surface area contributed by atoms with Gasteiger partial charge in [-0.15, -0.1) is 11.8 Å². The third-order valence-corrected chi connectivity index (χ3v) is 3.40. The zero-order valence-electron chi connectivity index (χ0n) is 7.63. The maximum absolute atomic E-state index is 13.0. The normalized spacial score (nSPS) is 12.9. The number of nitrogen functional groups attached to an aromatic ring is 1. The molecule has 0 aliphatic carbocycles. The van der Waals surface area contributed by atoms with Gasteiger partial charge in [-0.2, -0.15) is 0 Å². The maximum Gasteiger partial charge on any atom is 0.139 e. The van der Waals surface area contributed by atoms with Crippen molar-refractivity contribution >= 4 is 33.4 Å². The Balaban J connectivity index is 2.92. The predicted molar refractivity (Wildman–Crippen MR) is 60.9 cm³/mol. The van der Waals surface area contributed by atoms with Crippen LogP contribution in [0.4, 0.5) is 10.1 Å². The number of halogens is 2. The van der Waals surface area contributed by atoms with Crippen LogP contribution in [0.3, 0.4) is 0 Å². The number of aliphatic hydroxyl groups excluding tert-OH is 1. The molecule has 5 heteroatoms. The van der Waals surface area contributed by atoms with Crippen molar-refractivity contribution in [2.75, 3.05) is 12.3 Å². The zero-order valence-corrected chi connectivity index (χ0v) is 10.0. The molecule has 1 rings (SSSR count). The Morgan fingerprint density at radius 1 is 1.64 bits per heavy atom. The van der Waals surface area contributed by atoms with Gasteiger partial charge >= 0.3 is 0 Å². The molecule has 0 bridgehead atoms. The van der Waals surface area contributed by atoms with E-state index < -0.39 is 0 Å². The molecule has 0 heterocycles. The molecule has 0 aromatic heterocycles. The summed E-state index contributed by atoms with van der Waals surface area (Å²) in [6.45, 7) is 1.94. The van der Waals surface area contributed by atoms with E-state index in [1.165, 1.54) is 17.8 Å². The minimum Gasteiger partial charge on any atom is -0.398 e. The lowest BCUT2D eigenvalue weighted by Gasteiger charge is -2.10. The van der Waals surface area contributed by atoms with E-state index in [9.17, 15) is 4.39 Å². The van der Waals surface area contributed by atoms with Crippen molar-refractivity contribution in [3.63, 3.8) is 0 Å². The number of hydrogen-bond acceptors (Lipinski definition) is 3. The lowest BCUT2D eigenvalue weighted by atomic mass is 10.3. The number of anilines is 1. The van der Waals surface area contributed by atoms with Crippen molar-refractivity contribution in [2.45, 2.75) is 17.1 Å². The summed E-state index contributed by atoms with van der Waals surface area (Å²) in [5, 5.41) is 8.91. The second-order valence-corrected chi connectivity index (χ2v) is 5.25. The SMILES string of the molecule is CC(CO)Sc1cc(Br)c(F)cc1N. The summed E-state index contributed by atoms with van der Waals surface area (Å²) in [6, 6.07) is 2.90. The average Bonchev–Trinajstić information content (AvgIpc) is 2.14. The smallest absolute Gasteiger partial charge is 0.139 e. The summed E-state index contributed by atoms with van der Waals surface area (Å²) in [5.41, 5.74) is 6.03. The second kappa shape index (κ2) is 5.00. The van der Waals surface area contributed by atoms with Gasteiger partial charge in [0.25, 0.3) is 0 Å². The standard InChI is InChI=1S/C9H11BrFNOS/c1-5(4-13)14-9-2-6(10)7(11)3-8(9)12/h2-3,5,13H,4,12H2,1H3. The maximum atomic E-state index is 13.0. The van der Waals surface area contributed by atoms with Crippen molar-refractivity contribution in [1.82, 2.24) is 0 Å². The van der Waals surface area contributed by atoms with Gasteiger partial charge in [-0.1, -0.05) is 6.92 Å². The number of nitrogens with two attached hydrogens (primary N) is 1. The van der Waals surface area contributed by atoms with Crippen LogP contribution < -0.4 is 5.73 Å². The molecule has 0 amide bonds. The fourth-order valence-corrected chi connectivity index (χ4v) is 2.28. The molecule has 3 N–H and O–H groups in total. The molecule has 0 saturated heterocycles. The highest BCUT2D eigenvalue weighted by molar-refractivity contribution is 9.10. The van der Waals surface area contributed by atoms with Crippen molar-refractivity contribution in [3.05, 3.63) is 22.4 Å². The van der Waals surface area contributed by atoms with Crippen LogP contribution >= 0.6 is 27.7 Å². The first-order chi connectivity index (χ1) is 6.54. The third-order valence-electron chi connectivity index (χ3n) is 1.64. The lowest BCUT2D eigenvalue weighted by Crippen LogP contribution is -2.03. The van der Waals surface area contributed by atoms with Crippen LogP contribution in [-0.4, -0.2) is 17.0 Å². The van der Waals surface area contributed by atoms with Crippen LogP contribution in [0.15, 0.2) is 21.5 Å². The van der Waals surface area contributed by atoms with E-state index >= 15 is 0 Å². The van der Waals surface area contributed by atoms with Gasteiger partial charge in [-0.05, 0) is 28.1 Å². The number of benzene rings is 1. The van der Waals surface area contributed by atoms with Gasteiger partial charge in [0.15, 0.2) is 0 Å². The lowest BCUT2D eigenvalue weighted by molar-refractivity contribution is 0.300. The minimum absolute atomic E-state index is 0.0506. The minimum atomic E-state index is -0.372. The van der Waals surface area contributed by atoms with Gasteiger partial charge in [0.1, 0.15) is 5.82 Å². The molecule has 0 aliphatic rings. The highest BCUT2D eigenvalue weighted by atomic mass is 79.9. The summed E-state index contributed by atoms with van der Waals surface area (Å²) >= 11 is 4.51. The molecule has 0 spiro atoms. The summed E-state index contributed by atoms with van der Waals surface area (Å²) < 4.78 is 13.4.